The lowest BCUT2D eigenvalue weighted by atomic mass is 9.86. The Bertz CT molecular complexity index is 690. The molecule has 1 aliphatic rings. The van der Waals surface area contributed by atoms with Gasteiger partial charge in [-0.2, -0.15) is 13.2 Å². The first kappa shape index (κ1) is 22.7. The number of guanidine groups is 1. The lowest BCUT2D eigenvalue weighted by Crippen LogP contribution is -2.46. The van der Waals surface area contributed by atoms with E-state index in [0.29, 0.717) is 25.7 Å². The first-order valence-corrected chi connectivity index (χ1v) is 9.61. The first-order valence-electron chi connectivity index (χ1n) is 9.61. The molecule has 0 radical (unpaired) electrons. The van der Waals surface area contributed by atoms with Crippen LogP contribution >= 0.6 is 0 Å². The molecule has 3 N–H and O–H groups in total. The number of halogens is 3. The SMILES string of the molecule is CCOC(=O)C1CCC(NC(=NC)NCCNc2nccc(C(F)(F)F)n2)CC1. The molecule has 0 amide bonds. The molecule has 1 fully saturated rings. The Kier molecular flexibility index (Phi) is 8.47. The Morgan fingerprint density at radius 1 is 1.28 bits per heavy atom. The van der Waals surface area contributed by atoms with E-state index in [1.54, 1.807) is 14.0 Å². The molecular weight excluding hydrogens is 389 g/mol. The summed E-state index contributed by atoms with van der Waals surface area (Å²) >= 11 is 0. The minimum Gasteiger partial charge on any atom is -0.466 e. The van der Waals surface area contributed by atoms with Gasteiger partial charge in [-0.05, 0) is 38.7 Å². The second kappa shape index (κ2) is 10.8. The Labute approximate surface area is 167 Å². The van der Waals surface area contributed by atoms with Crippen LogP contribution < -0.4 is 16.0 Å². The molecule has 1 aliphatic carbocycles. The molecule has 0 atom stereocenters. The van der Waals surface area contributed by atoms with Crippen molar-refractivity contribution in [2.75, 3.05) is 32.1 Å². The summed E-state index contributed by atoms with van der Waals surface area (Å²) in [6, 6.07) is 1.03. The van der Waals surface area contributed by atoms with Crippen molar-refractivity contribution in [2.24, 2.45) is 10.9 Å². The number of nitrogens with zero attached hydrogens (tertiary/aromatic N) is 3. The average Bonchev–Trinajstić information content (AvgIpc) is 2.70. The molecule has 11 heteroatoms. The zero-order valence-corrected chi connectivity index (χ0v) is 16.6. The number of carbonyl (C=O) groups is 1. The molecule has 2 rings (SSSR count). The predicted octanol–water partition coefficient (Wildman–Crippen LogP) is 2.19. The quantitative estimate of drug-likeness (QED) is 0.271. The van der Waals surface area contributed by atoms with Crippen LogP contribution in [0.25, 0.3) is 0 Å². The molecule has 162 valence electrons. The topological polar surface area (TPSA) is 101 Å². The fourth-order valence-corrected chi connectivity index (χ4v) is 3.08. The number of anilines is 1. The summed E-state index contributed by atoms with van der Waals surface area (Å²) in [7, 11) is 1.64. The van der Waals surface area contributed by atoms with Crippen LogP contribution in [0.1, 0.15) is 38.3 Å². The molecule has 0 spiro atoms. The van der Waals surface area contributed by atoms with E-state index < -0.39 is 11.9 Å². The fraction of sp³-hybridized carbons (Fsp3) is 0.667. The third-order valence-corrected chi connectivity index (χ3v) is 4.56. The second-order valence-electron chi connectivity index (χ2n) is 6.63. The minimum absolute atomic E-state index is 0.0420. The zero-order chi connectivity index (χ0) is 21.3. The number of aromatic nitrogens is 2. The predicted molar refractivity (Wildman–Crippen MR) is 102 cm³/mol. The van der Waals surface area contributed by atoms with Crippen LogP contribution in [0.5, 0.6) is 0 Å². The van der Waals surface area contributed by atoms with E-state index in [9.17, 15) is 18.0 Å². The maximum atomic E-state index is 12.7. The molecule has 8 nitrogen and oxygen atoms in total. The average molecular weight is 416 g/mol. The van der Waals surface area contributed by atoms with Crippen molar-refractivity contribution >= 4 is 17.9 Å². The number of esters is 1. The number of carbonyl (C=O) groups excluding carboxylic acids is 1. The second-order valence-corrected chi connectivity index (χ2v) is 6.63. The summed E-state index contributed by atoms with van der Waals surface area (Å²) in [5.74, 6) is 0.342. The van der Waals surface area contributed by atoms with Crippen molar-refractivity contribution < 1.29 is 22.7 Å². The maximum Gasteiger partial charge on any atom is 0.433 e. The molecule has 1 aromatic heterocycles. The zero-order valence-electron chi connectivity index (χ0n) is 16.6. The van der Waals surface area contributed by atoms with Gasteiger partial charge in [-0.15, -0.1) is 0 Å². The van der Waals surface area contributed by atoms with E-state index in [4.69, 9.17) is 4.74 Å². The molecule has 0 saturated heterocycles. The number of ether oxygens (including phenoxy) is 1. The minimum atomic E-state index is -4.50. The summed E-state index contributed by atoms with van der Waals surface area (Å²) in [5, 5.41) is 9.15. The summed E-state index contributed by atoms with van der Waals surface area (Å²) in [6.07, 6.45) is -0.237. The van der Waals surface area contributed by atoms with Gasteiger partial charge in [-0.1, -0.05) is 0 Å². The van der Waals surface area contributed by atoms with E-state index in [0.717, 1.165) is 37.9 Å². The van der Waals surface area contributed by atoms with Crippen molar-refractivity contribution in [1.29, 1.82) is 0 Å². The van der Waals surface area contributed by atoms with Gasteiger partial charge in [0.15, 0.2) is 5.96 Å². The Morgan fingerprint density at radius 3 is 2.62 bits per heavy atom. The standard InChI is InChI=1S/C18H27F3N6O2/c1-3-29-15(28)12-4-6-13(7-5-12)26-16(22-2)24-10-11-25-17-23-9-8-14(27-17)18(19,20)21/h8-9,12-13H,3-7,10-11H2,1-2H3,(H2,22,24,26)(H,23,25,27). The molecule has 0 aliphatic heterocycles. The highest BCUT2D eigenvalue weighted by Gasteiger charge is 2.32. The smallest absolute Gasteiger partial charge is 0.433 e. The summed E-state index contributed by atoms with van der Waals surface area (Å²) < 4.78 is 43.0. The molecule has 0 bridgehead atoms. The third-order valence-electron chi connectivity index (χ3n) is 4.56. The lowest BCUT2D eigenvalue weighted by Gasteiger charge is -2.29. The molecule has 1 saturated carbocycles. The van der Waals surface area contributed by atoms with Crippen LogP contribution in [0.3, 0.4) is 0 Å². The van der Waals surface area contributed by atoms with Crippen LogP contribution in [-0.4, -0.2) is 54.7 Å². The number of hydrogen-bond donors (Lipinski definition) is 3. The van der Waals surface area contributed by atoms with E-state index in [2.05, 4.69) is 30.9 Å². The van der Waals surface area contributed by atoms with E-state index in [1.165, 1.54) is 0 Å². The van der Waals surface area contributed by atoms with Crippen LogP contribution in [0.15, 0.2) is 17.3 Å². The van der Waals surface area contributed by atoms with Gasteiger partial charge in [-0.3, -0.25) is 9.79 Å². The lowest BCUT2D eigenvalue weighted by molar-refractivity contribution is -0.149. The Morgan fingerprint density at radius 2 is 2.00 bits per heavy atom. The van der Waals surface area contributed by atoms with E-state index in [-0.39, 0.29) is 23.9 Å². The van der Waals surface area contributed by atoms with Gasteiger partial charge in [0.2, 0.25) is 5.95 Å². The monoisotopic (exact) mass is 416 g/mol. The van der Waals surface area contributed by atoms with Crippen LogP contribution in [0, 0.1) is 5.92 Å². The van der Waals surface area contributed by atoms with Crippen molar-refractivity contribution in [3.63, 3.8) is 0 Å². The van der Waals surface area contributed by atoms with Gasteiger partial charge >= 0.3 is 12.1 Å². The van der Waals surface area contributed by atoms with Gasteiger partial charge in [-0.25, -0.2) is 9.97 Å². The third kappa shape index (κ3) is 7.39. The van der Waals surface area contributed by atoms with Crippen molar-refractivity contribution in [1.82, 2.24) is 20.6 Å². The number of nitrogens with one attached hydrogen (secondary N) is 3. The van der Waals surface area contributed by atoms with Crippen LogP contribution in [-0.2, 0) is 15.7 Å². The van der Waals surface area contributed by atoms with Crippen molar-refractivity contribution in [2.45, 2.75) is 44.8 Å². The van der Waals surface area contributed by atoms with Gasteiger partial charge in [0.1, 0.15) is 5.69 Å². The fourth-order valence-electron chi connectivity index (χ4n) is 3.08. The van der Waals surface area contributed by atoms with Crippen LogP contribution in [0.2, 0.25) is 0 Å². The van der Waals surface area contributed by atoms with Gasteiger partial charge < -0.3 is 20.7 Å². The first-order chi connectivity index (χ1) is 13.8. The maximum absolute atomic E-state index is 12.7. The number of rotatable bonds is 7. The number of aliphatic imine (C=N–C) groups is 1. The largest absolute Gasteiger partial charge is 0.466 e. The molecule has 0 aromatic carbocycles. The molecule has 29 heavy (non-hydrogen) atoms. The Balaban J connectivity index is 1.70. The number of hydrogen-bond acceptors (Lipinski definition) is 6. The molecule has 1 heterocycles. The van der Waals surface area contributed by atoms with E-state index in [1.807, 2.05) is 0 Å². The normalized spacial score (nSPS) is 20.1. The highest BCUT2D eigenvalue weighted by Crippen LogP contribution is 2.27. The summed E-state index contributed by atoms with van der Waals surface area (Å²) in [6.45, 7) is 2.93. The molecular formula is C18H27F3N6O2. The van der Waals surface area contributed by atoms with E-state index >= 15 is 0 Å². The Hall–Kier alpha value is -2.59. The summed E-state index contributed by atoms with van der Waals surface area (Å²) in [5.41, 5.74) is -0.987. The highest BCUT2D eigenvalue weighted by atomic mass is 19.4. The van der Waals surface area contributed by atoms with Crippen LogP contribution in [0.4, 0.5) is 19.1 Å². The van der Waals surface area contributed by atoms with Crippen molar-refractivity contribution in [3.8, 4) is 0 Å². The molecule has 0 unspecified atom stereocenters. The van der Waals surface area contributed by atoms with Crippen molar-refractivity contribution in [3.05, 3.63) is 18.0 Å². The van der Waals surface area contributed by atoms with Gasteiger partial charge in [0.25, 0.3) is 0 Å². The van der Waals surface area contributed by atoms with Gasteiger partial charge in [0.05, 0.1) is 12.5 Å². The van der Waals surface area contributed by atoms with Gasteiger partial charge in [0, 0.05) is 32.4 Å². The highest BCUT2D eigenvalue weighted by molar-refractivity contribution is 5.80. The number of alkyl halides is 3. The summed E-state index contributed by atoms with van der Waals surface area (Å²) in [4.78, 5) is 23.2. The molecule has 1 aromatic rings.